The van der Waals surface area contributed by atoms with E-state index in [1.165, 1.54) is 11.8 Å². The monoisotopic (exact) mass is 388 g/mol. The quantitative estimate of drug-likeness (QED) is 0.525. The van der Waals surface area contributed by atoms with Gasteiger partial charge in [-0.2, -0.15) is 0 Å². The smallest absolute Gasteiger partial charge is 0.230 e. The van der Waals surface area contributed by atoms with Crippen LogP contribution < -0.4 is 5.32 Å². The Morgan fingerprint density at radius 2 is 2.08 bits per heavy atom. The van der Waals surface area contributed by atoms with E-state index in [4.69, 9.17) is 11.6 Å². The summed E-state index contributed by atoms with van der Waals surface area (Å²) < 4.78 is 3.88. The maximum atomic E-state index is 12.1. The number of carbonyl (C=O) groups is 1. The molecule has 0 aliphatic heterocycles. The number of hydrogen-bond acceptors (Lipinski definition) is 5. The number of thioether (sulfide) groups is 1. The van der Waals surface area contributed by atoms with Crippen LogP contribution >= 0.6 is 34.7 Å². The van der Waals surface area contributed by atoms with Gasteiger partial charge in [-0.15, -0.1) is 11.3 Å². The Labute approximate surface area is 157 Å². The molecule has 0 unspecified atom stereocenters. The number of benzene rings is 1. The zero-order chi connectivity index (χ0) is 17.2. The zero-order valence-corrected chi connectivity index (χ0v) is 15.4. The Kier molecular flexibility index (Phi) is 4.61. The number of rotatable bonds is 5. The first-order valence-electron chi connectivity index (χ1n) is 7.55. The first kappa shape index (κ1) is 16.4. The van der Waals surface area contributed by atoms with E-state index in [-0.39, 0.29) is 5.91 Å². The third kappa shape index (κ3) is 3.78. The molecule has 5 nitrogen and oxygen atoms in total. The number of thiazole rings is 1. The number of imidazole rings is 1. The van der Waals surface area contributed by atoms with Crippen molar-refractivity contribution in [2.45, 2.75) is 10.9 Å². The Morgan fingerprint density at radius 1 is 1.20 bits per heavy atom. The highest BCUT2D eigenvalue weighted by molar-refractivity contribution is 8.01. The molecule has 0 aliphatic carbocycles. The lowest BCUT2D eigenvalue weighted by Crippen LogP contribution is -2.24. The Balaban J connectivity index is 1.33. The number of nitrogens with one attached hydrogen (secondary N) is 1. The Hall–Kier alpha value is -2.09. The molecule has 126 valence electrons. The van der Waals surface area contributed by atoms with Crippen molar-refractivity contribution < 1.29 is 4.79 Å². The van der Waals surface area contributed by atoms with Crippen LogP contribution in [0.25, 0.3) is 15.9 Å². The van der Waals surface area contributed by atoms with Crippen molar-refractivity contribution >= 4 is 56.5 Å². The average Bonchev–Trinajstić information content (AvgIpc) is 3.20. The van der Waals surface area contributed by atoms with E-state index in [1.54, 1.807) is 23.6 Å². The largest absolute Gasteiger partial charge is 0.350 e. The van der Waals surface area contributed by atoms with Crippen LogP contribution in [0.1, 0.15) is 5.69 Å². The van der Waals surface area contributed by atoms with E-state index in [0.717, 1.165) is 25.9 Å². The summed E-state index contributed by atoms with van der Waals surface area (Å²) in [5, 5.41) is 3.53. The third-order valence-electron chi connectivity index (χ3n) is 3.53. The fourth-order valence-corrected chi connectivity index (χ4v) is 4.45. The van der Waals surface area contributed by atoms with Crippen LogP contribution in [0.15, 0.2) is 53.1 Å². The van der Waals surface area contributed by atoms with Crippen molar-refractivity contribution in [3.8, 4) is 0 Å². The predicted octanol–water partition coefficient (Wildman–Crippen LogP) is 4.01. The van der Waals surface area contributed by atoms with Crippen molar-refractivity contribution in [2.75, 3.05) is 5.75 Å². The number of aromatic nitrogens is 3. The normalized spacial score (nSPS) is 11.2. The molecule has 8 heteroatoms. The second-order valence-electron chi connectivity index (χ2n) is 5.36. The lowest BCUT2D eigenvalue weighted by molar-refractivity contribution is -0.118. The fraction of sp³-hybridized carbons (Fsp3) is 0.118. The molecule has 3 heterocycles. The number of amides is 1. The Morgan fingerprint density at radius 3 is 2.96 bits per heavy atom. The summed E-state index contributed by atoms with van der Waals surface area (Å²) in [5.41, 5.74) is 2.57. The molecule has 4 aromatic rings. The number of pyridine rings is 1. The molecule has 0 radical (unpaired) electrons. The number of halogens is 1. The van der Waals surface area contributed by atoms with Gasteiger partial charge in [0.25, 0.3) is 0 Å². The van der Waals surface area contributed by atoms with E-state index in [9.17, 15) is 4.79 Å². The highest BCUT2D eigenvalue weighted by Gasteiger charge is 2.09. The Bertz CT molecular complexity index is 1030. The van der Waals surface area contributed by atoms with E-state index in [1.807, 2.05) is 40.9 Å². The van der Waals surface area contributed by atoms with Gasteiger partial charge in [0.15, 0.2) is 4.34 Å². The summed E-state index contributed by atoms with van der Waals surface area (Å²) in [6.45, 7) is 0.387. The molecule has 1 aromatic carbocycles. The molecule has 0 fully saturated rings. The van der Waals surface area contributed by atoms with Crippen molar-refractivity contribution in [1.29, 1.82) is 0 Å². The molecule has 0 atom stereocenters. The van der Waals surface area contributed by atoms with Crippen LogP contribution in [-0.2, 0) is 11.3 Å². The molecule has 1 N–H and O–H groups in total. The van der Waals surface area contributed by atoms with Gasteiger partial charge >= 0.3 is 0 Å². The molecule has 1 amide bonds. The first-order chi connectivity index (χ1) is 12.2. The van der Waals surface area contributed by atoms with Gasteiger partial charge in [-0.05, 0) is 24.3 Å². The van der Waals surface area contributed by atoms with Crippen molar-refractivity contribution in [3.05, 3.63) is 59.5 Å². The maximum absolute atomic E-state index is 12.1. The molecule has 0 bridgehead atoms. The van der Waals surface area contributed by atoms with Gasteiger partial charge < -0.3 is 9.72 Å². The molecular weight excluding hydrogens is 376 g/mol. The van der Waals surface area contributed by atoms with Gasteiger partial charge in [-0.3, -0.25) is 4.79 Å². The molecule has 0 spiro atoms. The van der Waals surface area contributed by atoms with Gasteiger partial charge in [0.2, 0.25) is 5.91 Å². The molecular formula is C17H13ClN4OS2. The lowest BCUT2D eigenvalue weighted by Gasteiger charge is -2.01. The molecule has 3 aromatic heterocycles. The summed E-state index contributed by atoms with van der Waals surface area (Å²) in [4.78, 5) is 21.0. The highest BCUT2D eigenvalue weighted by Crippen LogP contribution is 2.29. The zero-order valence-electron chi connectivity index (χ0n) is 13.0. The van der Waals surface area contributed by atoms with Crippen LogP contribution in [-0.4, -0.2) is 26.0 Å². The van der Waals surface area contributed by atoms with Crippen LogP contribution in [0, 0.1) is 0 Å². The SMILES string of the molecule is O=C(CSc1nc2ccccc2s1)NCc1cn2cc(Cl)ccc2n1. The third-order valence-corrected chi connectivity index (χ3v) is 5.94. The summed E-state index contributed by atoms with van der Waals surface area (Å²) in [5.74, 6) is 0.290. The minimum Gasteiger partial charge on any atom is -0.350 e. The van der Waals surface area contributed by atoms with Gasteiger partial charge in [0.1, 0.15) is 5.65 Å². The van der Waals surface area contributed by atoms with Crippen molar-refractivity contribution in [1.82, 2.24) is 19.7 Å². The number of nitrogens with zero attached hydrogens (tertiary/aromatic N) is 3. The van der Waals surface area contributed by atoms with Crippen LogP contribution in [0.3, 0.4) is 0 Å². The minimum atomic E-state index is -0.0423. The summed E-state index contributed by atoms with van der Waals surface area (Å²) in [6, 6.07) is 11.6. The lowest BCUT2D eigenvalue weighted by atomic mass is 10.3. The topological polar surface area (TPSA) is 59.3 Å². The van der Waals surface area contributed by atoms with Gasteiger partial charge in [-0.1, -0.05) is 35.5 Å². The molecule has 25 heavy (non-hydrogen) atoms. The van der Waals surface area contributed by atoms with Crippen LogP contribution in [0.2, 0.25) is 5.02 Å². The summed E-state index contributed by atoms with van der Waals surface area (Å²) >= 11 is 9.01. The maximum Gasteiger partial charge on any atom is 0.230 e. The molecule has 0 saturated carbocycles. The average molecular weight is 389 g/mol. The van der Waals surface area contributed by atoms with E-state index in [2.05, 4.69) is 15.3 Å². The van der Waals surface area contributed by atoms with Crippen molar-refractivity contribution in [2.24, 2.45) is 0 Å². The van der Waals surface area contributed by atoms with Gasteiger partial charge in [0, 0.05) is 12.4 Å². The van der Waals surface area contributed by atoms with E-state index in [0.29, 0.717) is 17.3 Å². The predicted molar refractivity (Wildman–Crippen MR) is 102 cm³/mol. The van der Waals surface area contributed by atoms with Crippen LogP contribution in [0.5, 0.6) is 0 Å². The number of fused-ring (bicyclic) bond motifs is 2. The second-order valence-corrected chi connectivity index (χ2v) is 8.05. The highest BCUT2D eigenvalue weighted by atomic mass is 35.5. The number of carbonyl (C=O) groups excluding carboxylic acids is 1. The number of hydrogen-bond donors (Lipinski definition) is 1. The second kappa shape index (κ2) is 7.03. The number of para-hydroxylation sites is 1. The van der Waals surface area contributed by atoms with Gasteiger partial charge in [0.05, 0.1) is 33.2 Å². The molecule has 0 saturated heterocycles. The minimum absolute atomic E-state index is 0.0423. The van der Waals surface area contributed by atoms with E-state index >= 15 is 0 Å². The van der Waals surface area contributed by atoms with Crippen LogP contribution in [0.4, 0.5) is 0 Å². The van der Waals surface area contributed by atoms with Crippen molar-refractivity contribution in [3.63, 3.8) is 0 Å². The van der Waals surface area contributed by atoms with Gasteiger partial charge in [-0.25, -0.2) is 9.97 Å². The summed E-state index contributed by atoms with van der Waals surface area (Å²) in [6.07, 6.45) is 3.65. The fourth-order valence-electron chi connectivity index (χ4n) is 2.38. The van der Waals surface area contributed by atoms with E-state index < -0.39 is 0 Å². The molecule has 4 rings (SSSR count). The first-order valence-corrected chi connectivity index (χ1v) is 9.73. The summed E-state index contributed by atoms with van der Waals surface area (Å²) in [7, 11) is 0. The molecule has 0 aliphatic rings. The standard InChI is InChI=1S/C17H13ClN4OS2/c18-11-5-6-15-20-12(9-22(15)8-11)7-19-16(23)10-24-17-21-13-3-1-2-4-14(13)25-17/h1-6,8-9H,7,10H2,(H,19,23).